The number of nitrogens with zero attached hydrogens (tertiary/aromatic N) is 2. The number of aromatic nitrogens is 2. The highest BCUT2D eigenvalue weighted by atomic mass is 16.3. The largest absolute Gasteiger partial charge is 0.389 e. The van der Waals surface area contributed by atoms with E-state index in [0.717, 1.165) is 37.8 Å². The minimum atomic E-state index is -0.813. The van der Waals surface area contributed by atoms with Gasteiger partial charge in [0.2, 0.25) is 5.91 Å². The summed E-state index contributed by atoms with van der Waals surface area (Å²) < 4.78 is 1.71. The van der Waals surface area contributed by atoms with Crippen molar-refractivity contribution in [3.8, 4) is 0 Å². The summed E-state index contributed by atoms with van der Waals surface area (Å²) in [5.74, 6) is 0.400. The van der Waals surface area contributed by atoms with Crippen molar-refractivity contribution < 1.29 is 9.90 Å². The van der Waals surface area contributed by atoms with E-state index in [1.54, 1.807) is 4.68 Å². The van der Waals surface area contributed by atoms with E-state index in [4.69, 9.17) is 0 Å². The first-order valence-corrected chi connectivity index (χ1v) is 6.51. The smallest absolute Gasteiger partial charge is 0.228 e. The maximum atomic E-state index is 11.9. The summed E-state index contributed by atoms with van der Waals surface area (Å²) in [6.07, 6.45) is 4.79. The molecular weight excluding hydrogens is 230 g/mol. The molecule has 2 rings (SSSR count). The number of carbonyl (C=O) groups excluding carboxylic acids is 1. The summed E-state index contributed by atoms with van der Waals surface area (Å²) in [4.78, 5) is 11.9. The van der Waals surface area contributed by atoms with Crippen LogP contribution >= 0.6 is 0 Å². The molecule has 0 unspecified atom stereocenters. The Bertz CT molecular complexity index is 414. The van der Waals surface area contributed by atoms with Gasteiger partial charge in [-0.2, -0.15) is 5.10 Å². The van der Waals surface area contributed by atoms with Crippen LogP contribution in [0.5, 0.6) is 0 Å². The second-order valence-electron chi connectivity index (χ2n) is 5.30. The van der Waals surface area contributed by atoms with E-state index >= 15 is 0 Å². The minimum Gasteiger partial charge on any atom is -0.389 e. The highest BCUT2D eigenvalue weighted by Gasteiger charge is 2.31. The normalized spacial score (nSPS) is 18.6. The van der Waals surface area contributed by atoms with E-state index in [0.29, 0.717) is 5.82 Å². The zero-order valence-electron chi connectivity index (χ0n) is 11.1. The molecule has 0 aliphatic heterocycles. The molecule has 0 bridgehead atoms. The second-order valence-corrected chi connectivity index (χ2v) is 5.30. The molecule has 1 fully saturated rings. The van der Waals surface area contributed by atoms with Crippen LogP contribution in [-0.2, 0) is 11.8 Å². The van der Waals surface area contributed by atoms with E-state index < -0.39 is 5.60 Å². The molecule has 0 spiro atoms. The average molecular weight is 251 g/mol. The summed E-state index contributed by atoms with van der Waals surface area (Å²) in [5.41, 5.74) is 0.174. The van der Waals surface area contributed by atoms with E-state index in [9.17, 15) is 9.90 Å². The number of hydrogen-bond donors (Lipinski definition) is 2. The molecule has 18 heavy (non-hydrogen) atoms. The van der Waals surface area contributed by atoms with Gasteiger partial charge in [0.05, 0.1) is 12.0 Å². The highest BCUT2D eigenvalue weighted by molar-refractivity contribution is 5.90. The van der Waals surface area contributed by atoms with Gasteiger partial charge in [0, 0.05) is 18.8 Å². The van der Waals surface area contributed by atoms with Crippen LogP contribution in [0, 0.1) is 6.92 Å². The third kappa shape index (κ3) is 3.10. The third-order valence-corrected chi connectivity index (χ3v) is 3.66. The standard InChI is InChI=1S/C13H21N3O2/c1-10-8-11(15-16(10)2)14-12(17)9-13(18)6-4-3-5-7-13/h8,18H,3-7,9H2,1-2H3,(H,14,15,17). The Morgan fingerprint density at radius 1 is 1.50 bits per heavy atom. The van der Waals surface area contributed by atoms with Crippen molar-refractivity contribution in [2.24, 2.45) is 7.05 Å². The van der Waals surface area contributed by atoms with E-state index in [1.165, 1.54) is 0 Å². The number of amides is 1. The summed E-state index contributed by atoms with van der Waals surface area (Å²) in [7, 11) is 1.83. The predicted molar refractivity (Wildman–Crippen MR) is 69.2 cm³/mol. The van der Waals surface area contributed by atoms with Crippen LogP contribution in [0.25, 0.3) is 0 Å². The topological polar surface area (TPSA) is 67.2 Å². The molecule has 1 aromatic rings. The lowest BCUT2D eigenvalue weighted by Gasteiger charge is -2.31. The Hall–Kier alpha value is -1.36. The van der Waals surface area contributed by atoms with Gasteiger partial charge in [0.1, 0.15) is 0 Å². The molecule has 0 atom stereocenters. The zero-order valence-corrected chi connectivity index (χ0v) is 11.1. The van der Waals surface area contributed by atoms with Crippen LogP contribution in [0.3, 0.4) is 0 Å². The van der Waals surface area contributed by atoms with Crippen LogP contribution in [-0.4, -0.2) is 26.4 Å². The first-order chi connectivity index (χ1) is 8.48. The molecule has 1 amide bonds. The SMILES string of the molecule is Cc1cc(NC(=O)CC2(O)CCCCC2)nn1C. The zero-order chi connectivity index (χ0) is 13.2. The van der Waals surface area contributed by atoms with Crippen LogP contribution in [0.15, 0.2) is 6.07 Å². The van der Waals surface area contributed by atoms with Crippen LogP contribution in [0.4, 0.5) is 5.82 Å². The van der Waals surface area contributed by atoms with Gasteiger partial charge in [-0.25, -0.2) is 0 Å². The predicted octanol–water partition coefficient (Wildman–Crippen LogP) is 1.75. The van der Waals surface area contributed by atoms with Gasteiger partial charge in [-0.15, -0.1) is 0 Å². The molecule has 0 saturated heterocycles. The Balaban J connectivity index is 1.92. The Kier molecular flexibility index (Phi) is 3.71. The number of anilines is 1. The third-order valence-electron chi connectivity index (χ3n) is 3.66. The van der Waals surface area contributed by atoms with E-state index in [2.05, 4.69) is 10.4 Å². The van der Waals surface area contributed by atoms with E-state index in [1.807, 2.05) is 20.0 Å². The van der Waals surface area contributed by atoms with Crippen LogP contribution in [0.2, 0.25) is 0 Å². The van der Waals surface area contributed by atoms with E-state index in [-0.39, 0.29) is 12.3 Å². The maximum Gasteiger partial charge on any atom is 0.228 e. The summed E-state index contributed by atoms with van der Waals surface area (Å²) in [6, 6.07) is 1.82. The van der Waals surface area contributed by atoms with Crippen LogP contribution in [0.1, 0.15) is 44.2 Å². The molecule has 1 aliphatic carbocycles. The number of aliphatic hydroxyl groups is 1. The quantitative estimate of drug-likeness (QED) is 0.860. The first-order valence-electron chi connectivity index (χ1n) is 6.51. The van der Waals surface area contributed by atoms with Crippen molar-refractivity contribution in [3.05, 3.63) is 11.8 Å². The molecule has 0 aromatic carbocycles. The molecule has 5 heteroatoms. The van der Waals surface area contributed by atoms with Gasteiger partial charge in [0.15, 0.2) is 5.82 Å². The van der Waals surface area contributed by atoms with Crippen molar-refractivity contribution in [2.45, 2.75) is 51.0 Å². The first kappa shape index (κ1) is 13.1. The van der Waals surface area contributed by atoms with Gasteiger partial charge in [-0.3, -0.25) is 9.48 Å². The maximum absolute atomic E-state index is 11.9. The lowest BCUT2D eigenvalue weighted by Crippen LogP contribution is -2.35. The molecule has 1 heterocycles. The Morgan fingerprint density at radius 2 is 2.17 bits per heavy atom. The Labute approximate surface area is 107 Å². The van der Waals surface area contributed by atoms with Gasteiger partial charge in [0.25, 0.3) is 0 Å². The molecule has 100 valence electrons. The fourth-order valence-electron chi connectivity index (χ4n) is 2.49. The summed E-state index contributed by atoms with van der Waals surface area (Å²) >= 11 is 0. The van der Waals surface area contributed by atoms with Gasteiger partial charge < -0.3 is 10.4 Å². The van der Waals surface area contributed by atoms with Gasteiger partial charge in [-0.1, -0.05) is 19.3 Å². The molecule has 1 aromatic heterocycles. The monoisotopic (exact) mass is 251 g/mol. The molecule has 0 radical (unpaired) electrons. The molecule has 5 nitrogen and oxygen atoms in total. The number of rotatable bonds is 3. The van der Waals surface area contributed by atoms with Gasteiger partial charge >= 0.3 is 0 Å². The number of hydrogen-bond acceptors (Lipinski definition) is 3. The molecule has 1 aliphatic rings. The average Bonchev–Trinajstić information content (AvgIpc) is 2.57. The van der Waals surface area contributed by atoms with Crippen LogP contribution < -0.4 is 5.32 Å². The lowest BCUT2D eigenvalue weighted by atomic mass is 9.82. The molecule has 1 saturated carbocycles. The molecular formula is C13H21N3O2. The highest BCUT2D eigenvalue weighted by Crippen LogP contribution is 2.31. The summed E-state index contributed by atoms with van der Waals surface area (Å²) in [5, 5.41) is 17.2. The van der Waals surface area contributed by atoms with Gasteiger partial charge in [-0.05, 0) is 19.8 Å². The number of nitrogens with one attached hydrogen (secondary N) is 1. The molecule has 2 N–H and O–H groups in total. The fraction of sp³-hybridized carbons (Fsp3) is 0.692. The Morgan fingerprint density at radius 3 is 2.72 bits per heavy atom. The lowest BCUT2D eigenvalue weighted by molar-refractivity contribution is -0.122. The van der Waals surface area contributed by atoms with Crippen molar-refractivity contribution in [1.29, 1.82) is 0 Å². The van der Waals surface area contributed by atoms with Crippen molar-refractivity contribution in [2.75, 3.05) is 5.32 Å². The summed E-state index contributed by atoms with van der Waals surface area (Å²) in [6.45, 7) is 1.93. The minimum absolute atomic E-state index is 0.155. The number of aryl methyl sites for hydroxylation is 2. The van der Waals surface area contributed by atoms with Crippen molar-refractivity contribution in [3.63, 3.8) is 0 Å². The number of carbonyl (C=O) groups is 1. The van der Waals surface area contributed by atoms with Crippen molar-refractivity contribution >= 4 is 11.7 Å². The fourth-order valence-corrected chi connectivity index (χ4v) is 2.49. The van der Waals surface area contributed by atoms with Crippen molar-refractivity contribution in [1.82, 2.24) is 9.78 Å². The second kappa shape index (κ2) is 5.10.